The van der Waals surface area contributed by atoms with Crippen LogP contribution in [0.1, 0.15) is 5.56 Å². The smallest absolute Gasteiger partial charge is 0.241 e. The van der Waals surface area contributed by atoms with Crippen LogP contribution in [0.4, 0.5) is 5.69 Å². The van der Waals surface area contributed by atoms with Crippen LogP contribution in [-0.4, -0.2) is 49.4 Å². The summed E-state index contributed by atoms with van der Waals surface area (Å²) in [5.41, 5.74) is 1.56. The van der Waals surface area contributed by atoms with Gasteiger partial charge in [0.25, 0.3) is 0 Å². The third-order valence-electron chi connectivity index (χ3n) is 5.14. The van der Waals surface area contributed by atoms with Crippen LogP contribution in [0.25, 0.3) is 0 Å². The van der Waals surface area contributed by atoms with Gasteiger partial charge in [-0.05, 0) is 35.9 Å². The minimum atomic E-state index is -3.23. The third-order valence-corrected chi connectivity index (χ3v) is 7.46. The highest BCUT2D eigenvalue weighted by Gasteiger charge is 2.49. The fraction of sp³-hybridized carbons (Fsp3) is 0.316. The molecular weight excluding hydrogens is 407 g/mol. The highest BCUT2D eigenvalue weighted by Crippen LogP contribution is 2.33. The van der Waals surface area contributed by atoms with Gasteiger partial charge in [0.15, 0.2) is 9.84 Å². The van der Waals surface area contributed by atoms with Crippen LogP contribution in [-0.2, 0) is 21.2 Å². The molecule has 4 rings (SSSR count). The van der Waals surface area contributed by atoms with Gasteiger partial charge in [-0.2, -0.15) is 0 Å². The van der Waals surface area contributed by atoms with Crippen molar-refractivity contribution in [2.45, 2.75) is 18.6 Å². The van der Waals surface area contributed by atoms with E-state index in [9.17, 15) is 13.2 Å². The monoisotopic (exact) mass is 424 g/mol. The van der Waals surface area contributed by atoms with Gasteiger partial charge in [-0.1, -0.05) is 41.4 Å². The summed E-state index contributed by atoms with van der Waals surface area (Å²) in [6.45, 7) is 0.584. The van der Waals surface area contributed by atoms with Crippen molar-refractivity contribution in [3.05, 3.63) is 64.1 Å². The number of rotatable bonds is 3. The fourth-order valence-corrected chi connectivity index (χ4v) is 6.22. The van der Waals surface area contributed by atoms with Gasteiger partial charge in [0.1, 0.15) is 0 Å². The molecular formula is C19H18Cl2N2O3S. The Hall–Kier alpha value is -1.60. The number of hydrogen-bond acceptors (Lipinski definition) is 4. The fourth-order valence-electron chi connectivity index (χ4n) is 3.91. The average molecular weight is 425 g/mol. The van der Waals surface area contributed by atoms with E-state index in [4.69, 9.17) is 23.2 Å². The lowest BCUT2D eigenvalue weighted by molar-refractivity contribution is -0.123. The first-order valence-corrected chi connectivity index (χ1v) is 11.2. The van der Waals surface area contributed by atoms with Crippen LogP contribution in [0, 0.1) is 0 Å². The molecule has 0 saturated carbocycles. The zero-order chi connectivity index (χ0) is 19.2. The molecule has 8 heteroatoms. The quantitative estimate of drug-likeness (QED) is 0.759. The lowest BCUT2D eigenvalue weighted by Gasteiger charge is -2.43. The predicted molar refractivity (Wildman–Crippen MR) is 107 cm³/mol. The number of nitrogens with zero attached hydrogens (tertiary/aromatic N) is 2. The third kappa shape index (κ3) is 3.72. The highest BCUT2D eigenvalue weighted by atomic mass is 35.5. The van der Waals surface area contributed by atoms with Crippen molar-refractivity contribution in [2.75, 3.05) is 23.0 Å². The largest absolute Gasteiger partial charge is 0.306 e. The topological polar surface area (TPSA) is 57.7 Å². The number of hydrogen-bond donors (Lipinski definition) is 0. The lowest BCUT2D eigenvalue weighted by atomic mass is 10.0. The number of carbonyl (C=O) groups excluding carboxylic acids is 1. The summed E-state index contributed by atoms with van der Waals surface area (Å²) in [6, 6.07) is 13.7. The Balaban J connectivity index is 1.68. The van der Waals surface area contributed by atoms with E-state index in [1.807, 2.05) is 23.1 Å². The predicted octanol–water partition coefficient (Wildman–Crippen LogP) is 3.01. The molecule has 0 bridgehead atoms. The molecule has 1 amide bonds. The number of sulfone groups is 1. The van der Waals surface area contributed by atoms with Gasteiger partial charge >= 0.3 is 0 Å². The SMILES string of the molecule is O=C1CN(Cc2ccccc2Cl)[C@H]2CS(=O)(=O)C[C@H]2N1c1ccc(Cl)cc1. The van der Waals surface area contributed by atoms with E-state index in [1.54, 1.807) is 35.2 Å². The van der Waals surface area contributed by atoms with Crippen molar-refractivity contribution in [1.29, 1.82) is 0 Å². The van der Waals surface area contributed by atoms with E-state index < -0.39 is 15.9 Å². The van der Waals surface area contributed by atoms with Crippen LogP contribution in [0.3, 0.4) is 0 Å². The zero-order valence-electron chi connectivity index (χ0n) is 14.4. The summed E-state index contributed by atoms with van der Waals surface area (Å²) in [4.78, 5) is 16.5. The molecule has 2 heterocycles. The number of anilines is 1. The van der Waals surface area contributed by atoms with E-state index in [0.717, 1.165) is 5.56 Å². The Bertz CT molecular complexity index is 979. The Morgan fingerprint density at radius 1 is 0.963 bits per heavy atom. The van der Waals surface area contributed by atoms with Crippen LogP contribution < -0.4 is 4.90 Å². The molecule has 142 valence electrons. The number of halogens is 2. The Morgan fingerprint density at radius 3 is 2.33 bits per heavy atom. The maximum atomic E-state index is 12.9. The number of fused-ring (bicyclic) bond motifs is 1. The maximum Gasteiger partial charge on any atom is 0.241 e. The van der Waals surface area contributed by atoms with E-state index in [1.165, 1.54) is 0 Å². The number of piperazine rings is 1. The number of amides is 1. The normalized spacial score (nSPS) is 24.8. The number of carbonyl (C=O) groups is 1. The van der Waals surface area contributed by atoms with Crippen LogP contribution >= 0.6 is 23.2 Å². The van der Waals surface area contributed by atoms with Crippen molar-refractivity contribution in [3.8, 4) is 0 Å². The molecule has 2 aliphatic heterocycles. The summed E-state index contributed by atoms with van der Waals surface area (Å²) >= 11 is 12.2. The maximum absolute atomic E-state index is 12.9. The standard InChI is InChI=1S/C19H18Cl2N2O3S/c20-14-5-7-15(8-6-14)23-18-12-27(25,26)11-17(18)22(10-19(23)24)9-13-3-1-2-4-16(13)21/h1-8,17-18H,9-12H2/t17-,18+/m0/s1. The summed E-state index contributed by atoms with van der Waals surface area (Å²) in [5.74, 6) is -0.118. The van der Waals surface area contributed by atoms with Crippen molar-refractivity contribution in [2.24, 2.45) is 0 Å². The van der Waals surface area contributed by atoms with Gasteiger partial charge in [-0.15, -0.1) is 0 Å². The Kier molecular flexibility index (Phi) is 4.93. The van der Waals surface area contributed by atoms with Gasteiger partial charge in [-0.25, -0.2) is 8.42 Å². The molecule has 2 atom stereocenters. The second-order valence-corrected chi connectivity index (χ2v) is 9.95. The minimum Gasteiger partial charge on any atom is -0.306 e. The van der Waals surface area contributed by atoms with Crippen LogP contribution in [0.5, 0.6) is 0 Å². The molecule has 2 saturated heterocycles. The molecule has 0 spiro atoms. The Morgan fingerprint density at radius 2 is 1.63 bits per heavy atom. The van der Waals surface area contributed by atoms with Crippen molar-refractivity contribution in [3.63, 3.8) is 0 Å². The molecule has 2 fully saturated rings. The van der Waals surface area contributed by atoms with E-state index in [0.29, 0.717) is 22.3 Å². The van der Waals surface area contributed by atoms with Crippen molar-refractivity contribution >= 4 is 44.6 Å². The van der Waals surface area contributed by atoms with Gasteiger partial charge < -0.3 is 4.90 Å². The molecule has 0 radical (unpaired) electrons. The van der Waals surface area contributed by atoms with Crippen molar-refractivity contribution in [1.82, 2.24) is 4.90 Å². The van der Waals surface area contributed by atoms with Crippen LogP contribution in [0.15, 0.2) is 48.5 Å². The molecule has 2 aromatic carbocycles. The summed E-state index contributed by atoms with van der Waals surface area (Å²) in [7, 11) is -3.23. The summed E-state index contributed by atoms with van der Waals surface area (Å²) in [5, 5.41) is 1.18. The lowest BCUT2D eigenvalue weighted by Crippen LogP contribution is -2.61. The first-order chi connectivity index (χ1) is 12.8. The molecule has 5 nitrogen and oxygen atoms in total. The van der Waals surface area contributed by atoms with E-state index in [-0.39, 0.29) is 30.0 Å². The zero-order valence-corrected chi connectivity index (χ0v) is 16.7. The molecule has 0 N–H and O–H groups in total. The highest BCUT2D eigenvalue weighted by molar-refractivity contribution is 7.91. The first-order valence-electron chi connectivity index (χ1n) is 8.59. The van der Waals surface area contributed by atoms with Gasteiger partial charge in [0.05, 0.1) is 24.1 Å². The Labute approximate surface area is 168 Å². The van der Waals surface area contributed by atoms with Crippen molar-refractivity contribution < 1.29 is 13.2 Å². The van der Waals surface area contributed by atoms with E-state index >= 15 is 0 Å². The number of benzene rings is 2. The van der Waals surface area contributed by atoms with Gasteiger partial charge in [-0.3, -0.25) is 9.69 Å². The van der Waals surface area contributed by atoms with E-state index in [2.05, 4.69) is 0 Å². The second kappa shape index (κ2) is 7.09. The molecule has 0 unspecified atom stereocenters. The minimum absolute atomic E-state index is 0.0367. The molecule has 2 aromatic rings. The van der Waals surface area contributed by atoms with Crippen LogP contribution in [0.2, 0.25) is 10.0 Å². The summed E-state index contributed by atoms with van der Waals surface area (Å²) in [6.07, 6.45) is 0. The molecule has 0 aliphatic carbocycles. The first kappa shape index (κ1) is 18.7. The molecule has 0 aromatic heterocycles. The second-order valence-electron chi connectivity index (χ2n) is 6.95. The van der Waals surface area contributed by atoms with Gasteiger partial charge in [0.2, 0.25) is 5.91 Å². The average Bonchev–Trinajstić information content (AvgIpc) is 2.93. The molecule has 27 heavy (non-hydrogen) atoms. The van der Waals surface area contributed by atoms with Gasteiger partial charge in [0, 0.05) is 28.3 Å². The molecule has 2 aliphatic rings. The summed E-state index contributed by atoms with van der Waals surface area (Å²) < 4.78 is 24.8.